The monoisotopic (exact) mass is 330 g/mol. The summed E-state index contributed by atoms with van der Waals surface area (Å²) in [7, 11) is 0. The van der Waals surface area contributed by atoms with Gasteiger partial charge in [-0.25, -0.2) is 0 Å². The van der Waals surface area contributed by atoms with Crippen molar-refractivity contribution in [3.05, 3.63) is 71.8 Å². The van der Waals surface area contributed by atoms with Crippen LogP contribution in [-0.4, -0.2) is 20.2 Å². The molecule has 0 spiro atoms. The normalized spacial score (nSPS) is 12.0. The van der Waals surface area contributed by atoms with Gasteiger partial charge in [-0.05, 0) is 22.9 Å². The molecule has 0 saturated carbocycles. The summed E-state index contributed by atoms with van der Waals surface area (Å²) in [4.78, 5) is 1.33. The van der Waals surface area contributed by atoms with Gasteiger partial charge in [0, 0.05) is 5.56 Å². The molecule has 0 aliphatic rings. The van der Waals surface area contributed by atoms with Gasteiger partial charge in [-0.2, -0.15) is 18.0 Å². The van der Waals surface area contributed by atoms with Gasteiger partial charge < -0.3 is 0 Å². The fraction of sp³-hybridized carbons (Fsp3) is 0.118. The van der Waals surface area contributed by atoms with Crippen LogP contribution in [0, 0.1) is 0 Å². The van der Waals surface area contributed by atoms with Crippen molar-refractivity contribution in [2.75, 3.05) is 0 Å². The van der Waals surface area contributed by atoms with E-state index in [9.17, 15) is 13.2 Å². The third-order valence-corrected chi connectivity index (χ3v) is 3.28. The molecule has 122 valence electrons. The second-order valence-corrected chi connectivity index (χ2v) is 5.06. The Morgan fingerprint density at radius 2 is 1.79 bits per heavy atom. The zero-order valence-corrected chi connectivity index (χ0v) is 12.5. The number of hydrogen-bond acceptors (Lipinski definition) is 3. The molecule has 0 amide bonds. The average Bonchev–Trinajstić information content (AvgIpc) is 3.04. The molecule has 0 fully saturated rings. The SMILES string of the molecule is FC(F)(F)c1cccc(-c2nnn(CC=Cc3ccccc3)n2)c1. The van der Waals surface area contributed by atoms with Crippen LogP contribution in [0.3, 0.4) is 0 Å². The Bertz CT molecular complexity index is 838. The van der Waals surface area contributed by atoms with Gasteiger partial charge in [0.25, 0.3) is 0 Å². The molecule has 0 aliphatic heterocycles. The summed E-state index contributed by atoms with van der Waals surface area (Å²) in [6.07, 6.45) is -0.634. The van der Waals surface area contributed by atoms with E-state index >= 15 is 0 Å². The van der Waals surface area contributed by atoms with E-state index < -0.39 is 11.7 Å². The fourth-order valence-electron chi connectivity index (χ4n) is 2.12. The zero-order chi connectivity index (χ0) is 17.0. The Kier molecular flexibility index (Phi) is 4.41. The molecule has 0 N–H and O–H groups in total. The van der Waals surface area contributed by atoms with Crippen molar-refractivity contribution in [2.24, 2.45) is 0 Å². The molecule has 7 heteroatoms. The lowest BCUT2D eigenvalue weighted by molar-refractivity contribution is -0.137. The standard InChI is InChI=1S/C17H13F3N4/c18-17(19,20)15-10-4-9-14(12-15)16-21-23-24(22-16)11-5-8-13-6-2-1-3-7-13/h1-10,12H,11H2. The van der Waals surface area contributed by atoms with E-state index in [-0.39, 0.29) is 11.4 Å². The molecule has 3 aromatic rings. The van der Waals surface area contributed by atoms with Gasteiger partial charge in [0.1, 0.15) is 0 Å². The van der Waals surface area contributed by atoms with Gasteiger partial charge in [-0.1, -0.05) is 54.6 Å². The van der Waals surface area contributed by atoms with Crippen molar-refractivity contribution in [2.45, 2.75) is 12.7 Å². The van der Waals surface area contributed by atoms with E-state index in [1.807, 2.05) is 42.5 Å². The summed E-state index contributed by atoms with van der Waals surface area (Å²) in [5.74, 6) is 0.161. The third kappa shape index (κ3) is 3.87. The Hall–Kier alpha value is -2.96. The quantitative estimate of drug-likeness (QED) is 0.724. The molecule has 2 aromatic carbocycles. The Labute approximate surface area is 136 Å². The second-order valence-electron chi connectivity index (χ2n) is 5.06. The van der Waals surface area contributed by atoms with Gasteiger partial charge in [-0.15, -0.1) is 10.2 Å². The minimum Gasteiger partial charge on any atom is -0.166 e. The van der Waals surface area contributed by atoms with Crippen LogP contribution in [0.5, 0.6) is 0 Å². The molecule has 0 aliphatic carbocycles. The summed E-state index contributed by atoms with van der Waals surface area (Å²) >= 11 is 0. The Balaban J connectivity index is 1.73. The maximum absolute atomic E-state index is 12.7. The van der Waals surface area contributed by atoms with Crippen LogP contribution in [0.4, 0.5) is 13.2 Å². The number of alkyl halides is 3. The van der Waals surface area contributed by atoms with Gasteiger partial charge in [0.2, 0.25) is 5.82 Å². The number of rotatable bonds is 4. The molecule has 24 heavy (non-hydrogen) atoms. The highest BCUT2D eigenvalue weighted by molar-refractivity contribution is 5.55. The van der Waals surface area contributed by atoms with Crippen molar-refractivity contribution in [1.29, 1.82) is 0 Å². The lowest BCUT2D eigenvalue weighted by Crippen LogP contribution is -2.04. The first-order chi connectivity index (χ1) is 11.5. The van der Waals surface area contributed by atoms with E-state index in [1.54, 1.807) is 0 Å². The lowest BCUT2D eigenvalue weighted by atomic mass is 10.1. The third-order valence-electron chi connectivity index (χ3n) is 3.28. The number of tetrazole rings is 1. The van der Waals surface area contributed by atoms with Gasteiger partial charge in [0.15, 0.2) is 0 Å². The van der Waals surface area contributed by atoms with Gasteiger partial charge in [0.05, 0.1) is 12.1 Å². The summed E-state index contributed by atoms with van der Waals surface area (Å²) < 4.78 is 38.2. The van der Waals surface area contributed by atoms with E-state index in [4.69, 9.17) is 0 Å². The second kappa shape index (κ2) is 6.66. The summed E-state index contributed by atoms with van der Waals surface area (Å²) in [6.45, 7) is 0.376. The number of nitrogens with zero attached hydrogens (tertiary/aromatic N) is 4. The topological polar surface area (TPSA) is 43.6 Å². The van der Waals surface area contributed by atoms with Crippen molar-refractivity contribution in [3.63, 3.8) is 0 Å². The minimum atomic E-state index is -4.40. The lowest BCUT2D eigenvalue weighted by Gasteiger charge is -2.06. The Morgan fingerprint density at radius 1 is 1.00 bits per heavy atom. The molecule has 0 atom stereocenters. The van der Waals surface area contributed by atoms with Crippen LogP contribution in [0.15, 0.2) is 60.7 Å². The number of aromatic nitrogens is 4. The molecule has 0 bridgehead atoms. The van der Waals surface area contributed by atoms with Crippen molar-refractivity contribution >= 4 is 6.08 Å². The van der Waals surface area contributed by atoms with E-state index in [0.717, 1.165) is 17.7 Å². The molecule has 0 radical (unpaired) electrons. The molecule has 4 nitrogen and oxygen atoms in total. The maximum atomic E-state index is 12.7. The summed E-state index contributed by atoms with van der Waals surface area (Å²) in [5.41, 5.74) is 0.583. The van der Waals surface area contributed by atoms with Gasteiger partial charge in [-0.3, -0.25) is 0 Å². The first kappa shape index (κ1) is 15.9. The van der Waals surface area contributed by atoms with Crippen molar-refractivity contribution in [1.82, 2.24) is 20.2 Å². The smallest absolute Gasteiger partial charge is 0.166 e. The molecule has 1 heterocycles. The van der Waals surface area contributed by atoms with Crippen molar-refractivity contribution in [3.8, 4) is 11.4 Å². The molecule has 0 unspecified atom stereocenters. The molecule has 1 aromatic heterocycles. The first-order valence-corrected chi connectivity index (χ1v) is 7.19. The van der Waals surface area contributed by atoms with E-state index in [0.29, 0.717) is 6.54 Å². The van der Waals surface area contributed by atoms with Crippen LogP contribution in [-0.2, 0) is 12.7 Å². The predicted octanol–water partition coefficient (Wildman–Crippen LogP) is 4.07. The van der Waals surface area contributed by atoms with Crippen molar-refractivity contribution < 1.29 is 13.2 Å². The molecular formula is C17H13F3N4. The van der Waals surface area contributed by atoms with Crippen LogP contribution in [0.25, 0.3) is 17.5 Å². The first-order valence-electron chi connectivity index (χ1n) is 7.19. The summed E-state index contributed by atoms with van der Waals surface area (Å²) in [6, 6.07) is 14.6. The number of halogens is 3. The van der Waals surface area contributed by atoms with E-state index in [2.05, 4.69) is 15.4 Å². The molecule has 3 rings (SSSR count). The highest BCUT2D eigenvalue weighted by atomic mass is 19.4. The minimum absolute atomic E-state index is 0.161. The molecular weight excluding hydrogens is 317 g/mol. The maximum Gasteiger partial charge on any atom is 0.416 e. The van der Waals surface area contributed by atoms with Crippen LogP contribution in [0.2, 0.25) is 0 Å². The fourth-order valence-corrected chi connectivity index (χ4v) is 2.12. The highest BCUT2D eigenvalue weighted by Gasteiger charge is 2.30. The van der Waals surface area contributed by atoms with Crippen LogP contribution in [0.1, 0.15) is 11.1 Å². The number of allylic oxidation sites excluding steroid dienone is 1. The number of benzene rings is 2. The van der Waals surface area contributed by atoms with Crippen LogP contribution >= 0.6 is 0 Å². The highest BCUT2D eigenvalue weighted by Crippen LogP contribution is 2.31. The summed E-state index contributed by atoms with van der Waals surface area (Å²) in [5, 5.41) is 11.8. The van der Waals surface area contributed by atoms with E-state index in [1.165, 1.54) is 16.9 Å². The van der Waals surface area contributed by atoms with Crippen LogP contribution < -0.4 is 0 Å². The zero-order valence-electron chi connectivity index (χ0n) is 12.5. The Morgan fingerprint density at radius 3 is 2.54 bits per heavy atom. The molecule has 0 saturated heterocycles. The predicted molar refractivity (Wildman–Crippen MR) is 83.7 cm³/mol. The average molecular weight is 330 g/mol. The number of hydrogen-bond donors (Lipinski definition) is 0. The largest absolute Gasteiger partial charge is 0.416 e. The van der Waals surface area contributed by atoms with Gasteiger partial charge >= 0.3 is 6.18 Å².